The smallest absolute Gasteiger partial charge is 0.260 e. The number of carbonyl (C=O) groups excluding carboxylic acids is 1. The summed E-state index contributed by atoms with van der Waals surface area (Å²) in [4.78, 5) is 11.8. The molecule has 2 rings (SSSR count). The van der Waals surface area contributed by atoms with Gasteiger partial charge >= 0.3 is 0 Å². The molecule has 0 saturated heterocycles. The average molecular weight is 296 g/mol. The lowest BCUT2D eigenvalue weighted by atomic mass is 10.2. The van der Waals surface area contributed by atoms with E-state index in [1.54, 1.807) is 30.3 Å². The quantitative estimate of drug-likeness (QED) is 0.915. The van der Waals surface area contributed by atoms with Gasteiger partial charge in [0.2, 0.25) is 0 Å². The maximum Gasteiger partial charge on any atom is 0.260 e. The molecule has 0 bridgehead atoms. The van der Waals surface area contributed by atoms with Crippen molar-refractivity contribution in [2.24, 2.45) is 0 Å². The van der Waals surface area contributed by atoms with Gasteiger partial charge in [0, 0.05) is 5.69 Å². The normalized spacial score (nSPS) is 10.2. The van der Waals surface area contributed by atoms with Crippen molar-refractivity contribution in [2.45, 2.75) is 6.61 Å². The fourth-order valence-electron chi connectivity index (χ4n) is 1.40. The molecule has 0 saturated carbocycles. The second-order valence-electron chi connectivity index (χ2n) is 3.42. The van der Waals surface area contributed by atoms with Crippen LogP contribution in [0.15, 0.2) is 45.7 Å². The van der Waals surface area contributed by atoms with E-state index >= 15 is 0 Å². The molecule has 0 aliphatic carbocycles. The standard InChI is InChI=1S/C12H10BrNO3/c13-11-10(4-5-17-11)12(16)14-9-3-1-2-8(6-9)7-15/h1-6,15H,7H2,(H,14,16). The van der Waals surface area contributed by atoms with Crippen LogP contribution in [0, 0.1) is 0 Å². The molecule has 0 aliphatic heterocycles. The van der Waals surface area contributed by atoms with Gasteiger partial charge in [0.25, 0.3) is 5.91 Å². The first-order valence-corrected chi connectivity index (χ1v) is 5.74. The lowest BCUT2D eigenvalue weighted by Gasteiger charge is -2.05. The molecular formula is C12H10BrNO3. The van der Waals surface area contributed by atoms with E-state index in [-0.39, 0.29) is 12.5 Å². The molecule has 17 heavy (non-hydrogen) atoms. The van der Waals surface area contributed by atoms with Crippen molar-refractivity contribution in [3.05, 3.63) is 52.4 Å². The average Bonchev–Trinajstić information content (AvgIpc) is 2.76. The molecule has 2 N–H and O–H groups in total. The second-order valence-corrected chi connectivity index (χ2v) is 4.14. The third kappa shape index (κ3) is 2.75. The van der Waals surface area contributed by atoms with Crippen LogP contribution in [0.5, 0.6) is 0 Å². The number of anilines is 1. The molecule has 0 atom stereocenters. The minimum Gasteiger partial charge on any atom is -0.457 e. The van der Waals surface area contributed by atoms with Gasteiger partial charge in [-0.05, 0) is 39.7 Å². The van der Waals surface area contributed by atoms with Crippen molar-refractivity contribution in [3.8, 4) is 0 Å². The summed E-state index contributed by atoms with van der Waals surface area (Å²) in [7, 11) is 0. The number of halogens is 1. The first-order chi connectivity index (χ1) is 8.20. The van der Waals surface area contributed by atoms with E-state index in [9.17, 15) is 4.79 Å². The topological polar surface area (TPSA) is 62.5 Å². The number of furan rings is 1. The second kappa shape index (κ2) is 5.16. The zero-order chi connectivity index (χ0) is 12.3. The zero-order valence-electron chi connectivity index (χ0n) is 8.81. The summed E-state index contributed by atoms with van der Waals surface area (Å²) in [5.74, 6) is -0.263. The van der Waals surface area contributed by atoms with Crippen LogP contribution in [0.2, 0.25) is 0 Å². The molecule has 0 spiro atoms. The summed E-state index contributed by atoms with van der Waals surface area (Å²) in [5, 5.41) is 11.7. The highest BCUT2D eigenvalue weighted by atomic mass is 79.9. The number of amides is 1. The summed E-state index contributed by atoms with van der Waals surface area (Å²) >= 11 is 3.14. The van der Waals surface area contributed by atoms with E-state index in [0.29, 0.717) is 15.9 Å². The molecule has 1 amide bonds. The molecule has 2 aromatic rings. The molecule has 0 aliphatic rings. The lowest BCUT2D eigenvalue weighted by Crippen LogP contribution is -2.11. The fourth-order valence-corrected chi connectivity index (χ4v) is 1.82. The van der Waals surface area contributed by atoms with Crippen LogP contribution in [0.3, 0.4) is 0 Å². The van der Waals surface area contributed by atoms with Crippen molar-refractivity contribution in [3.63, 3.8) is 0 Å². The number of aliphatic hydroxyl groups excluding tert-OH is 1. The Morgan fingerprint density at radius 1 is 1.41 bits per heavy atom. The van der Waals surface area contributed by atoms with Crippen molar-refractivity contribution < 1.29 is 14.3 Å². The SMILES string of the molecule is O=C(Nc1cccc(CO)c1)c1ccoc1Br. The number of hydrogen-bond donors (Lipinski definition) is 2. The largest absolute Gasteiger partial charge is 0.457 e. The number of aliphatic hydroxyl groups is 1. The van der Waals surface area contributed by atoms with Crippen LogP contribution in [0.25, 0.3) is 0 Å². The Kier molecular flexibility index (Phi) is 3.61. The molecule has 1 aromatic carbocycles. The number of rotatable bonds is 3. The highest BCUT2D eigenvalue weighted by Crippen LogP contribution is 2.19. The third-order valence-corrected chi connectivity index (χ3v) is 2.84. The summed E-state index contributed by atoms with van der Waals surface area (Å²) < 4.78 is 5.38. The number of nitrogens with one attached hydrogen (secondary N) is 1. The number of carbonyl (C=O) groups is 1. The molecule has 0 fully saturated rings. The molecular weight excluding hydrogens is 286 g/mol. The van der Waals surface area contributed by atoms with E-state index < -0.39 is 0 Å². The molecule has 88 valence electrons. The van der Waals surface area contributed by atoms with Crippen molar-refractivity contribution in [1.82, 2.24) is 0 Å². The highest BCUT2D eigenvalue weighted by molar-refractivity contribution is 9.10. The van der Waals surface area contributed by atoms with Crippen LogP contribution < -0.4 is 5.32 Å². The molecule has 1 heterocycles. The van der Waals surface area contributed by atoms with Gasteiger partial charge in [-0.25, -0.2) is 0 Å². The predicted molar refractivity (Wildman–Crippen MR) is 66.7 cm³/mol. The Balaban J connectivity index is 2.16. The maximum absolute atomic E-state index is 11.8. The minimum absolute atomic E-state index is 0.0564. The van der Waals surface area contributed by atoms with E-state index in [4.69, 9.17) is 9.52 Å². The van der Waals surface area contributed by atoms with Gasteiger partial charge < -0.3 is 14.8 Å². The lowest BCUT2D eigenvalue weighted by molar-refractivity contribution is 0.102. The van der Waals surface area contributed by atoms with Crippen LogP contribution in [-0.2, 0) is 6.61 Å². The van der Waals surface area contributed by atoms with Crippen LogP contribution in [0.1, 0.15) is 15.9 Å². The minimum atomic E-state index is -0.263. The van der Waals surface area contributed by atoms with E-state index in [0.717, 1.165) is 5.56 Å². The van der Waals surface area contributed by atoms with Crippen LogP contribution in [0.4, 0.5) is 5.69 Å². The van der Waals surface area contributed by atoms with Crippen LogP contribution in [-0.4, -0.2) is 11.0 Å². The van der Waals surface area contributed by atoms with Crippen LogP contribution >= 0.6 is 15.9 Å². The molecule has 0 radical (unpaired) electrons. The van der Waals surface area contributed by atoms with Gasteiger partial charge in [0.1, 0.15) is 0 Å². The Labute approximate surface area is 106 Å². The highest BCUT2D eigenvalue weighted by Gasteiger charge is 2.12. The van der Waals surface area contributed by atoms with Crippen molar-refractivity contribution >= 4 is 27.5 Å². The Hall–Kier alpha value is -1.59. The van der Waals surface area contributed by atoms with E-state index in [2.05, 4.69) is 21.2 Å². The van der Waals surface area contributed by atoms with E-state index in [1.807, 2.05) is 0 Å². The van der Waals surface area contributed by atoms with Gasteiger partial charge in [-0.1, -0.05) is 12.1 Å². The summed E-state index contributed by atoms with van der Waals surface area (Å²) in [5.41, 5.74) is 1.81. The summed E-state index contributed by atoms with van der Waals surface area (Å²) in [6, 6.07) is 8.60. The van der Waals surface area contributed by atoms with Gasteiger partial charge in [-0.15, -0.1) is 0 Å². The molecule has 4 nitrogen and oxygen atoms in total. The number of hydrogen-bond acceptors (Lipinski definition) is 3. The molecule has 1 aromatic heterocycles. The Morgan fingerprint density at radius 3 is 2.88 bits per heavy atom. The zero-order valence-corrected chi connectivity index (χ0v) is 10.4. The number of benzene rings is 1. The summed E-state index contributed by atoms with van der Waals surface area (Å²) in [6.45, 7) is -0.0564. The first kappa shape index (κ1) is 11.9. The maximum atomic E-state index is 11.8. The predicted octanol–water partition coefficient (Wildman–Crippen LogP) is 2.79. The van der Waals surface area contributed by atoms with E-state index in [1.165, 1.54) is 6.26 Å². The summed E-state index contributed by atoms with van der Waals surface area (Å²) in [6.07, 6.45) is 1.43. The van der Waals surface area contributed by atoms with Gasteiger partial charge in [-0.3, -0.25) is 4.79 Å². The van der Waals surface area contributed by atoms with Crippen molar-refractivity contribution in [1.29, 1.82) is 0 Å². The molecule has 0 unspecified atom stereocenters. The Bertz CT molecular complexity index is 536. The van der Waals surface area contributed by atoms with Gasteiger partial charge in [0.15, 0.2) is 4.67 Å². The van der Waals surface area contributed by atoms with Gasteiger partial charge in [0.05, 0.1) is 18.4 Å². The van der Waals surface area contributed by atoms with Crippen molar-refractivity contribution in [2.75, 3.05) is 5.32 Å². The molecule has 5 heteroatoms. The van der Waals surface area contributed by atoms with Gasteiger partial charge in [-0.2, -0.15) is 0 Å². The first-order valence-electron chi connectivity index (χ1n) is 4.95. The fraction of sp³-hybridized carbons (Fsp3) is 0.0833. The Morgan fingerprint density at radius 2 is 2.24 bits per heavy atom. The monoisotopic (exact) mass is 295 g/mol. The third-order valence-electron chi connectivity index (χ3n) is 2.23.